The Morgan fingerprint density at radius 1 is 1.48 bits per heavy atom. The molecule has 1 fully saturated rings. The van der Waals surface area contributed by atoms with E-state index in [0.717, 1.165) is 12.1 Å². The number of anilines is 1. The summed E-state index contributed by atoms with van der Waals surface area (Å²) in [5, 5.41) is 2.70. The van der Waals surface area contributed by atoms with Gasteiger partial charge in [-0.25, -0.2) is 12.8 Å². The summed E-state index contributed by atoms with van der Waals surface area (Å²) >= 11 is 0. The Hall–Kier alpha value is -1.67. The van der Waals surface area contributed by atoms with Crippen molar-refractivity contribution < 1.29 is 17.6 Å². The maximum Gasteiger partial charge on any atom is 0.246 e. The zero-order valence-corrected chi connectivity index (χ0v) is 12.5. The summed E-state index contributed by atoms with van der Waals surface area (Å²) in [6.45, 7) is 1.81. The predicted molar refractivity (Wildman–Crippen MR) is 76.4 cm³/mol. The second kappa shape index (κ2) is 5.98. The molecule has 1 aromatic rings. The van der Waals surface area contributed by atoms with Gasteiger partial charge in [0.15, 0.2) is 0 Å². The highest BCUT2D eigenvalue weighted by Gasteiger charge is 2.32. The van der Waals surface area contributed by atoms with Gasteiger partial charge in [0.05, 0.1) is 0 Å². The molecule has 6 nitrogen and oxygen atoms in total. The van der Waals surface area contributed by atoms with Crippen molar-refractivity contribution in [3.8, 4) is 0 Å². The van der Waals surface area contributed by atoms with E-state index >= 15 is 0 Å². The standard InChI is InChI=1S/C13H18FN3O3S/c1-9(18)16-11-3-2-6-17(8-11)21(19,20)13-7-10(15)4-5-12(13)14/h4-5,7,11H,2-3,6,8,15H2,1H3,(H,16,18). The van der Waals surface area contributed by atoms with Gasteiger partial charge in [0.25, 0.3) is 0 Å². The highest BCUT2D eigenvalue weighted by molar-refractivity contribution is 7.89. The van der Waals surface area contributed by atoms with Gasteiger partial charge in [0, 0.05) is 31.7 Å². The summed E-state index contributed by atoms with van der Waals surface area (Å²) in [5.41, 5.74) is 5.73. The van der Waals surface area contributed by atoms with E-state index in [-0.39, 0.29) is 24.2 Å². The molecule has 21 heavy (non-hydrogen) atoms. The van der Waals surface area contributed by atoms with Crippen molar-refractivity contribution in [2.24, 2.45) is 0 Å². The van der Waals surface area contributed by atoms with Crippen LogP contribution >= 0.6 is 0 Å². The average molecular weight is 315 g/mol. The number of nitrogens with zero attached hydrogens (tertiary/aromatic N) is 1. The molecule has 1 saturated heterocycles. The summed E-state index contributed by atoms with van der Waals surface area (Å²) in [6.07, 6.45) is 1.30. The molecule has 0 spiro atoms. The van der Waals surface area contributed by atoms with Gasteiger partial charge in [-0.3, -0.25) is 4.79 Å². The molecule has 116 valence electrons. The van der Waals surface area contributed by atoms with E-state index in [1.807, 2.05) is 0 Å². The molecule has 0 aromatic heterocycles. The number of hydrogen-bond donors (Lipinski definition) is 2. The summed E-state index contributed by atoms with van der Waals surface area (Å²) in [4.78, 5) is 10.7. The lowest BCUT2D eigenvalue weighted by Gasteiger charge is -2.32. The third kappa shape index (κ3) is 3.51. The van der Waals surface area contributed by atoms with Gasteiger partial charge in [0.2, 0.25) is 15.9 Å². The Morgan fingerprint density at radius 3 is 2.86 bits per heavy atom. The molecule has 1 amide bonds. The number of rotatable bonds is 3. The van der Waals surface area contributed by atoms with Crippen LogP contribution in [0.25, 0.3) is 0 Å². The van der Waals surface area contributed by atoms with E-state index in [4.69, 9.17) is 5.73 Å². The van der Waals surface area contributed by atoms with Crippen LogP contribution in [0.5, 0.6) is 0 Å². The number of piperidine rings is 1. The Bertz CT molecular complexity index is 648. The van der Waals surface area contributed by atoms with E-state index < -0.39 is 20.7 Å². The molecule has 0 radical (unpaired) electrons. The maximum absolute atomic E-state index is 13.8. The number of nitrogens with one attached hydrogen (secondary N) is 1. The first kappa shape index (κ1) is 15.7. The van der Waals surface area contributed by atoms with Crippen LogP contribution in [0.2, 0.25) is 0 Å². The highest BCUT2D eigenvalue weighted by atomic mass is 32.2. The van der Waals surface area contributed by atoms with Crippen molar-refractivity contribution in [1.82, 2.24) is 9.62 Å². The fraction of sp³-hybridized carbons (Fsp3) is 0.462. The van der Waals surface area contributed by atoms with Crippen LogP contribution in [0, 0.1) is 5.82 Å². The molecule has 0 saturated carbocycles. The smallest absolute Gasteiger partial charge is 0.246 e. The Labute approximate surface area is 123 Å². The normalized spacial score (nSPS) is 20.2. The predicted octanol–water partition coefficient (Wildman–Crippen LogP) is 0.697. The van der Waals surface area contributed by atoms with E-state index in [0.29, 0.717) is 19.4 Å². The third-order valence-electron chi connectivity index (χ3n) is 3.36. The van der Waals surface area contributed by atoms with Gasteiger partial charge >= 0.3 is 0 Å². The first-order chi connectivity index (χ1) is 9.80. The second-order valence-electron chi connectivity index (χ2n) is 5.09. The molecule has 1 atom stereocenters. The largest absolute Gasteiger partial charge is 0.399 e. The Balaban J connectivity index is 2.26. The minimum absolute atomic E-state index is 0.135. The van der Waals surface area contributed by atoms with Crippen LogP contribution < -0.4 is 11.1 Å². The van der Waals surface area contributed by atoms with Crippen LogP contribution in [0.3, 0.4) is 0 Å². The quantitative estimate of drug-likeness (QED) is 0.803. The van der Waals surface area contributed by atoms with Crippen molar-refractivity contribution in [2.75, 3.05) is 18.8 Å². The van der Waals surface area contributed by atoms with Crippen LogP contribution in [0.4, 0.5) is 10.1 Å². The Kier molecular flexibility index (Phi) is 4.48. The zero-order chi connectivity index (χ0) is 15.6. The summed E-state index contributed by atoms with van der Waals surface area (Å²) < 4.78 is 40.0. The SMILES string of the molecule is CC(=O)NC1CCCN(S(=O)(=O)c2cc(N)ccc2F)C1. The summed E-state index contributed by atoms with van der Waals surface area (Å²) in [7, 11) is -3.96. The second-order valence-corrected chi connectivity index (χ2v) is 7.00. The highest BCUT2D eigenvalue weighted by Crippen LogP contribution is 2.24. The van der Waals surface area contributed by atoms with Crippen LogP contribution in [0.1, 0.15) is 19.8 Å². The molecule has 1 heterocycles. The number of nitrogen functional groups attached to an aromatic ring is 1. The monoisotopic (exact) mass is 315 g/mol. The third-order valence-corrected chi connectivity index (χ3v) is 5.24. The number of hydrogen-bond acceptors (Lipinski definition) is 4. The first-order valence-corrected chi connectivity index (χ1v) is 8.07. The lowest BCUT2D eigenvalue weighted by atomic mass is 10.1. The summed E-state index contributed by atoms with van der Waals surface area (Å²) in [6, 6.07) is 3.21. The van der Waals surface area contributed by atoms with Crippen LogP contribution in [-0.2, 0) is 14.8 Å². The first-order valence-electron chi connectivity index (χ1n) is 6.63. The number of nitrogens with two attached hydrogens (primary N) is 1. The zero-order valence-electron chi connectivity index (χ0n) is 11.7. The molecular formula is C13H18FN3O3S. The number of amides is 1. The molecular weight excluding hydrogens is 297 g/mol. The lowest BCUT2D eigenvalue weighted by molar-refractivity contribution is -0.119. The number of carbonyl (C=O) groups is 1. The van der Waals surface area contributed by atoms with Gasteiger partial charge in [-0.15, -0.1) is 0 Å². The van der Waals surface area contributed by atoms with Crippen molar-refractivity contribution in [3.63, 3.8) is 0 Å². The van der Waals surface area contributed by atoms with Gasteiger partial charge in [-0.1, -0.05) is 0 Å². The van der Waals surface area contributed by atoms with Crippen molar-refractivity contribution in [3.05, 3.63) is 24.0 Å². The van der Waals surface area contributed by atoms with E-state index in [1.54, 1.807) is 0 Å². The molecule has 2 rings (SSSR count). The van der Waals surface area contributed by atoms with Gasteiger partial charge in [0.1, 0.15) is 10.7 Å². The molecule has 8 heteroatoms. The van der Waals surface area contributed by atoms with Crippen LogP contribution in [0.15, 0.2) is 23.1 Å². The van der Waals surface area contributed by atoms with Gasteiger partial charge in [-0.05, 0) is 31.0 Å². The molecule has 1 unspecified atom stereocenters. The molecule has 1 aliphatic heterocycles. The van der Waals surface area contributed by atoms with E-state index in [9.17, 15) is 17.6 Å². The fourth-order valence-corrected chi connectivity index (χ4v) is 4.05. The minimum Gasteiger partial charge on any atom is -0.399 e. The lowest BCUT2D eigenvalue weighted by Crippen LogP contribution is -2.49. The van der Waals surface area contributed by atoms with E-state index in [2.05, 4.69) is 5.32 Å². The summed E-state index contributed by atoms with van der Waals surface area (Å²) in [5.74, 6) is -1.04. The number of sulfonamides is 1. The minimum atomic E-state index is -3.96. The molecule has 3 N–H and O–H groups in total. The number of halogens is 1. The average Bonchev–Trinajstić information content (AvgIpc) is 2.41. The van der Waals surface area contributed by atoms with Crippen molar-refractivity contribution >= 4 is 21.6 Å². The Morgan fingerprint density at radius 2 is 2.19 bits per heavy atom. The van der Waals surface area contributed by atoms with Crippen molar-refractivity contribution in [2.45, 2.75) is 30.7 Å². The molecule has 1 aliphatic rings. The van der Waals surface area contributed by atoms with Crippen LogP contribution in [-0.4, -0.2) is 37.8 Å². The van der Waals surface area contributed by atoms with Gasteiger partial charge in [-0.2, -0.15) is 4.31 Å². The fourth-order valence-electron chi connectivity index (χ4n) is 2.42. The van der Waals surface area contributed by atoms with E-state index in [1.165, 1.54) is 17.3 Å². The number of carbonyl (C=O) groups excluding carboxylic acids is 1. The molecule has 1 aromatic carbocycles. The topological polar surface area (TPSA) is 92.5 Å². The number of benzene rings is 1. The van der Waals surface area contributed by atoms with Crippen molar-refractivity contribution in [1.29, 1.82) is 0 Å². The maximum atomic E-state index is 13.8. The molecule has 0 bridgehead atoms. The van der Waals surface area contributed by atoms with Gasteiger partial charge < -0.3 is 11.1 Å². The molecule has 0 aliphatic carbocycles.